The molecule has 0 unspecified atom stereocenters. The number of nitrogens with zero attached hydrogens (tertiary/aromatic N) is 3. The smallest absolute Gasteiger partial charge is 0.0689 e. The van der Waals surface area contributed by atoms with Crippen molar-refractivity contribution >= 4 is 0 Å². The fourth-order valence-corrected chi connectivity index (χ4v) is 0. The van der Waals surface area contributed by atoms with Crippen LogP contribution >= 0.6 is 0 Å². The molecule has 75 valence electrons. The van der Waals surface area contributed by atoms with Gasteiger partial charge in [0.25, 0.3) is 0 Å². The molecule has 0 aromatic heterocycles. The van der Waals surface area contributed by atoms with Crippen molar-refractivity contribution in [2.75, 3.05) is 0 Å². The van der Waals surface area contributed by atoms with E-state index in [-0.39, 0.29) is 44.1 Å². The zero-order chi connectivity index (χ0) is 10.7. The molecule has 12 nitrogen and oxygen atoms in total. The molecule has 13 heteroatoms. The van der Waals surface area contributed by atoms with Crippen LogP contribution in [0.3, 0.4) is 0 Å². The Kier molecular flexibility index (Phi) is 30.1. The molecule has 0 aliphatic carbocycles. The average Bonchev–Trinajstić information content (AvgIpc) is 1.54. The van der Waals surface area contributed by atoms with E-state index in [0.29, 0.717) is 0 Å². The number of hydrogen-bond acceptors (Lipinski definition) is 9. The normalized spacial score (nSPS) is 5.54. The summed E-state index contributed by atoms with van der Waals surface area (Å²) in [4.78, 5) is 24.8. The van der Waals surface area contributed by atoms with Crippen LogP contribution in [0, 0.1) is 90.0 Å². The van der Waals surface area contributed by atoms with Crippen LogP contribution < -0.4 is 0 Å². The molecule has 0 atom stereocenters. The fraction of sp³-hybridized carbons (Fsp3) is 0. The van der Waals surface area contributed by atoms with Gasteiger partial charge in [-0.3, -0.25) is 0 Å². The van der Waals surface area contributed by atoms with Crippen molar-refractivity contribution in [2.24, 2.45) is 0 Å². The van der Waals surface area contributed by atoms with Gasteiger partial charge in [-0.15, -0.1) is 0 Å². The Labute approximate surface area is 105 Å². The van der Waals surface area contributed by atoms with Crippen molar-refractivity contribution in [1.29, 1.82) is 0 Å². The third-order valence-corrected chi connectivity index (χ3v) is 0. The third kappa shape index (κ3) is 983. The molecule has 0 saturated heterocycles. The van der Waals surface area contributed by atoms with Gasteiger partial charge in [0.1, 0.15) is 0 Å². The Hall–Kier alpha value is -0.958. The van der Waals surface area contributed by atoms with Gasteiger partial charge in [-0.1, -0.05) is 0 Å². The van der Waals surface area contributed by atoms with Gasteiger partial charge in [-0.2, -0.15) is 0 Å². The summed E-state index contributed by atoms with van der Waals surface area (Å²) in [5.41, 5.74) is 0. The van der Waals surface area contributed by atoms with Crippen LogP contribution in [0.1, 0.15) is 0 Å². The van der Waals surface area contributed by atoms with Crippen LogP contribution in [-0.2, 0) is 0 Å². The van der Waals surface area contributed by atoms with Gasteiger partial charge in [0.2, 0.25) is 0 Å². The second kappa shape index (κ2) is 17.2. The summed E-state index contributed by atoms with van der Waals surface area (Å²) < 4.78 is 0. The Morgan fingerprint density at radius 1 is 0.538 bits per heavy atom. The van der Waals surface area contributed by atoms with Crippen LogP contribution in [0.25, 0.3) is 0 Å². The molecule has 1 radical (unpaired) electrons. The molecule has 0 aliphatic rings. The predicted octanol–water partition coefficient (Wildman–Crippen LogP) is -0.717. The van der Waals surface area contributed by atoms with E-state index in [2.05, 4.69) is 0 Å². The largest absolute Gasteiger partial charge is 0.356 e. The summed E-state index contributed by atoms with van der Waals surface area (Å²) in [6, 6.07) is 0. The standard InChI is InChI=1S/Ac.3NO3/c;3*2-1(3)4/q;3*-1/i1-2;;;. The predicted molar refractivity (Wildman–Crippen MR) is 31.1 cm³/mol. The van der Waals surface area contributed by atoms with Crippen molar-refractivity contribution < 1.29 is 59.3 Å². The van der Waals surface area contributed by atoms with Crippen LogP contribution in [0.15, 0.2) is 0 Å². The maximum Gasteiger partial charge on any atom is 0.0689 e. The van der Waals surface area contributed by atoms with Crippen molar-refractivity contribution in [1.82, 2.24) is 0 Å². The van der Waals surface area contributed by atoms with E-state index < -0.39 is 15.3 Å². The molecule has 0 rings (SSSR count). The molecule has 0 N–H and O–H groups in total. The van der Waals surface area contributed by atoms with E-state index in [4.69, 9.17) is 46.0 Å². The molecular weight excluding hydrogens is 411 g/mol. The second-order valence-corrected chi connectivity index (χ2v) is 0.671. The minimum Gasteiger partial charge on any atom is -0.356 e. The van der Waals surface area contributed by atoms with Crippen molar-refractivity contribution in [3.05, 3.63) is 46.0 Å². The molecule has 0 heterocycles. The molecular formula is AcN3O9-3. The topological polar surface area (TPSA) is 199 Å². The van der Waals surface area contributed by atoms with Crippen molar-refractivity contribution in [3.8, 4) is 0 Å². The Morgan fingerprint density at radius 2 is 0.538 bits per heavy atom. The van der Waals surface area contributed by atoms with Gasteiger partial charge in [0.05, 0.1) is 15.3 Å². The summed E-state index contributed by atoms with van der Waals surface area (Å²) in [6.07, 6.45) is 0. The van der Waals surface area contributed by atoms with Crippen LogP contribution in [0.5, 0.6) is 0 Å². The monoisotopic (exact) mass is 411 g/mol. The van der Waals surface area contributed by atoms with Crippen LogP contribution in [0.4, 0.5) is 0 Å². The van der Waals surface area contributed by atoms with Gasteiger partial charge in [-0.25, -0.2) is 0 Å². The average molecular weight is 411 g/mol. The van der Waals surface area contributed by atoms with Crippen LogP contribution in [0.2, 0.25) is 0 Å². The molecule has 0 aromatic carbocycles. The maximum absolute atomic E-state index is 8.25. The Morgan fingerprint density at radius 3 is 0.538 bits per heavy atom. The van der Waals surface area contributed by atoms with E-state index in [1.54, 1.807) is 0 Å². The molecule has 0 fully saturated rings. The first kappa shape index (κ1) is 22.7. The summed E-state index contributed by atoms with van der Waals surface area (Å²) in [6.45, 7) is 0. The van der Waals surface area contributed by atoms with E-state index in [9.17, 15) is 0 Å². The van der Waals surface area contributed by atoms with Crippen molar-refractivity contribution in [2.45, 2.75) is 0 Å². The van der Waals surface area contributed by atoms with E-state index in [0.717, 1.165) is 0 Å². The molecule has 0 aliphatic heterocycles. The first-order valence-corrected chi connectivity index (χ1v) is 1.64. The molecule has 0 aromatic rings. The van der Waals surface area contributed by atoms with Gasteiger partial charge >= 0.3 is 0 Å². The fourth-order valence-electron chi connectivity index (χ4n) is 0. The zero-order valence-electron chi connectivity index (χ0n) is 5.59. The van der Waals surface area contributed by atoms with E-state index >= 15 is 0 Å². The summed E-state index contributed by atoms with van der Waals surface area (Å²) in [5.74, 6) is 0. The first-order chi connectivity index (χ1) is 5.20. The van der Waals surface area contributed by atoms with Gasteiger partial charge in [0, 0.05) is 44.1 Å². The SMILES string of the molecule is O=[N+]([O-])[O-].O=[N+]([O-])[O-].O=[N+]([O-])[O-].[225Ac]. The Bertz CT molecular complexity index is 112. The summed E-state index contributed by atoms with van der Waals surface area (Å²) in [7, 11) is 0. The first-order valence-electron chi connectivity index (χ1n) is 1.64. The van der Waals surface area contributed by atoms with E-state index in [1.165, 1.54) is 0 Å². The minimum absolute atomic E-state index is 0. The van der Waals surface area contributed by atoms with Crippen LogP contribution in [-0.4, -0.2) is 15.3 Å². The molecule has 0 saturated carbocycles. The maximum atomic E-state index is 8.25. The zero-order valence-corrected chi connectivity index (χ0v) is 10.3. The second-order valence-electron chi connectivity index (χ2n) is 0.671. The van der Waals surface area contributed by atoms with E-state index in [1.807, 2.05) is 0 Å². The molecule has 0 spiro atoms. The third-order valence-electron chi connectivity index (χ3n) is 0. The van der Waals surface area contributed by atoms with Gasteiger partial charge in [-0.05, 0) is 0 Å². The number of rotatable bonds is 0. The summed E-state index contributed by atoms with van der Waals surface area (Å²) in [5, 5.41) is 44.2. The van der Waals surface area contributed by atoms with Crippen molar-refractivity contribution in [3.63, 3.8) is 0 Å². The van der Waals surface area contributed by atoms with Gasteiger partial charge < -0.3 is 46.0 Å². The minimum atomic E-state index is -1.75. The summed E-state index contributed by atoms with van der Waals surface area (Å²) >= 11 is 0. The molecule has 0 amide bonds. The molecule has 13 heavy (non-hydrogen) atoms. The quantitative estimate of drug-likeness (QED) is 0.364. The number of hydrogen-bond donors (Lipinski definition) is 0. The molecule has 0 bridgehead atoms. The Balaban J connectivity index is -0.0000000450. The van der Waals surface area contributed by atoms with Gasteiger partial charge in [0.15, 0.2) is 0 Å².